The molecule has 0 aliphatic rings. The number of aromatic nitrogens is 3. The molecule has 0 bridgehead atoms. The molecule has 0 saturated heterocycles. The van der Waals surface area contributed by atoms with Gasteiger partial charge in [-0.05, 0) is 30.1 Å². The lowest BCUT2D eigenvalue weighted by Crippen LogP contribution is -2.27. The SMILES string of the molecule is CCN(Cc1cc2ccc(OC)cc2[nH]c1=O)Cc1nccn1C. The van der Waals surface area contributed by atoms with Gasteiger partial charge in [-0.2, -0.15) is 0 Å². The van der Waals surface area contributed by atoms with Crippen molar-refractivity contribution in [2.45, 2.75) is 20.0 Å². The van der Waals surface area contributed by atoms with E-state index in [-0.39, 0.29) is 5.56 Å². The molecular weight excluding hydrogens is 304 g/mol. The van der Waals surface area contributed by atoms with Crippen molar-refractivity contribution in [1.29, 1.82) is 0 Å². The van der Waals surface area contributed by atoms with Crippen molar-refractivity contribution in [3.05, 3.63) is 58.4 Å². The van der Waals surface area contributed by atoms with Crippen molar-refractivity contribution < 1.29 is 4.74 Å². The molecule has 0 aliphatic carbocycles. The van der Waals surface area contributed by atoms with E-state index in [1.807, 2.05) is 42.1 Å². The van der Waals surface area contributed by atoms with Gasteiger partial charge in [0.15, 0.2) is 0 Å². The van der Waals surface area contributed by atoms with Crippen LogP contribution < -0.4 is 10.3 Å². The summed E-state index contributed by atoms with van der Waals surface area (Å²) in [6.45, 7) is 4.22. The number of rotatable bonds is 6. The maximum Gasteiger partial charge on any atom is 0.252 e. The van der Waals surface area contributed by atoms with E-state index in [0.717, 1.165) is 34.6 Å². The highest BCUT2D eigenvalue weighted by Gasteiger charge is 2.11. The van der Waals surface area contributed by atoms with Gasteiger partial charge in [0.25, 0.3) is 5.56 Å². The number of aryl methyl sites for hydroxylation is 1. The van der Waals surface area contributed by atoms with Crippen LogP contribution in [-0.2, 0) is 20.1 Å². The van der Waals surface area contributed by atoms with Crippen LogP contribution in [0.2, 0.25) is 0 Å². The van der Waals surface area contributed by atoms with Crippen LogP contribution in [0, 0.1) is 0 Å². The van der Waals surface area contributed by atoms with Crippen LogP contribution in [0.3, 0.4) is 0 Å². The first-order valence-electron chi connectivity index (χ1n) is 7.99. The van der Waals surface area contributed by atoms with Gasteiger partial charge in [-0.3, -0.25) is 9.69 Å². The predicted molar refractivity (Wildman–Crippen MR) is 94.1 cm³/mol. The number of imidazole rings is 1. The first-order valence-corrected chi connectivity index (χ1v) is 7.99. The molecule has 6 heteroatoms. The molecule has 0 saturated carbocycles. The molecule has 0 amide bonds. The van der Waals surface area contributed by atoms with Crippen molar-refractivity contribution in [3.63, 3.8) is 0 Å². The van der Waals surface area contributed by atoms with Crippen molar-refractivity contribution in [3.8, 4) is 5.75 Å². The van der Waals surface area contributed by atoms with Crippen LogP contribution in [0.5, 0.6) is 5.75 Å². The highest BCUT2D eigenvalue weighted by atomic mass is 16.5. The topological polar surface area (TPSA) is 63.1 Å². The molecule has 3 aromatic rings. The summed E-state index contributed by atoms with van der Waals surface area (Å²) >= 11 is 0. The van der Waals surface area contributed by atoms with Gasteiger partial charge in [0.05, 0.1) is 19.2 Å². The largest absolute Gasteiger partial charge is 0.497 e. The van der Waals surface area contributed by atoms with E-state index in [4.69, 9.17) is 4.74 Å². The fourth-order valence-electron chi connectivity index (χ4n) is 2.74. The number of pyridine rings is 1. The van der Waals surface area contributed by atoms with E-state index in [0.29, 0.717) is 13.1 Å². The third-order valence-corrected chi connectivity index (χ3v) is 4.26. The second-order valence-corrected chi connectivity index (χ2v) is 5.83. The Morgan fingerprint density at radius 3 is 2.79 bits per heavy atom. The maximum absolute atomic E-state index is 12.4. The minimum absolute atomic E-state index is 0.0611. The Bertz CT molecular complexity index is 897. The number of aromatic amines is 1. The number of fused-ring (bicyclic) bond motifs is 1. The smallest absolute Gasteiger partial charge is 0.252 e. The van der Waals surface area contributed by atoms with Crippen LogP contribution >= 0.6 is 0 Å². The number of hydrogen-bond donors (Lipinski definition) is 1. The van der Waals surface area contributed by atoms with Gasteiger partial charge in [0, 0.05) is 37.6 Å². The molecule has 2 heterocycles. The molecule has 0 spiro atoms. The van der Waals surface area contributed by atoms with Gasteiger partial charge >= 0.3 is 0 Å². The lowest BCUT2D eigenvalue weighted by Gasteiger charge is -2.20. The maximum atomic E-state index is 12.4. The number of ether oxygens (including phenoxy) is 1. The molecule has 1 aromatic carbocycles. The Morgan fingerprint density at radius 2 is 2.12 bits per heavy atom. The van der Waals surface area contributed by atoms with Gasteiger partial charge in [0.2, 0.25) is 0 Å². The van der Waals surface area contributed by atoms with Gasteiger partial charge in [-0.25, -0.2) is 4.98 Å². The van der Waals surface area contributed by atoms with E-state index < -0.39 is 0 Å². The first kappa shape index (κ1) is 16.3. The zero-order valence-electron chi connectivity index (χ0n) is 14.2. The van der Waals surface area contributed by atoms with Gasteiger partial charge in [0.1, 0.15) is 11.6 Å². The normalized spacial score (nSPS) is 11.3. The summed E-state index contributed by atoms with van der Waals surface area (Å²) in [7, 11) is 3.59. The second-order valence-electron chi connectivity index (χ2n) is 5.83. The van der Waals surface area contributed by atoms with Crippen LogP contribution in [0.1, 0.15) is 18.3 Å². The summed E-state index contributed by atoms with van der Waals surface area (Å²) in [4.78, 5) is 21.9. The molecule has 2 aromatic heterocycles. The third kappa shape index (κ3) is 3.33. The molecule has 1 N–H and O–H groups in total. The van der Waals surface area contributed by atoms with Gasteiger partial charge in [-0.15, -0.1) is 0 Å². The molecule has 0 radical (unpaired) electrons. The average Bonchev–Trinajstić information content (AvgIpc) is 2.99. The van der Waals surface area contributed by atoms with E-state index in [2.05, 4.69) is 21.8 Å². The summed E-state index contributed by atoms with van der Waals surface area (Å²) in [5, 5.41) is 0.999. The first-order chi connectivity index (χ1) is 11.6. The third-order valence-electron chi connectivity index (χ3n) is 4.26. The summed E-state index contributed by atoms with van der Waals surface area (Å²) in [6, 6.07) is 7.65. The van der Waals surface area contributed by atoms with Crippen LogP contribution in [0.4, 0.5) is 0 Å². The van der Waals surface area contributed by atoms with E-state index >= 15 is 0 Å². The van der Waals surface area contributed by atoms with Crippen molar-refractivity contribution in [2.75, 3.05) is 13.7 Å². The Balaban J connectivity index is 1.86. The summed E-state index contributed by atoms with van der Waals surface area (Å²) in [5.41, 5.74) is 1.48. The highest BCUT2D eigenvalue weighted by Crippen LogP contribution is 2.19. The molecule has 126 valence electrons. The zero-order chi connectivity index (χ0) is 17.1. The van der Waals surface area contributed by atoms with E-state index in [9.17, 15) is 4.79 Å². The molecule has 6 nitrogen and oxygen atoms in total. The Hall–Kier alpha value is -2.60. The van der Waals surface area contributed by atoms with Crippen molar-refractivity contribution in [1.82, 2.24) is 19.4 Å². The van der Waals surface area contributed by atoms with Crippen LogP contribution in [0.25, 0.3) is 10.9 Å². The molecule has 0 atom stereocenters. The summed E-state index contributed by atoms with van der Waals surface area (Å²) in [6.07, 6.45) is 3.72. The fourth-order valence-corrected chi connectivity index (χ4v) is 2.74. The van der Waals surface area contributed by atoms with Gasteiger partial charge in [-0.1, -0.05) is 6.92 Å². The Morgan fingerprint density at radius 1 is 1.29 bits per heavy atom. The number of nitrogens with zero attached hydrogens (tertiary/aromatic N) is 3. The minimum Gasteiger partial charge on any atom is -0.497 e. The molecule has 24 heavy (non-hydrogen) atoms. The summed E-state index contributed by atoms with van der Waals surface area (Å²) < 4.78 is 7.20. The number of hydrogen-bond acceptors (Lipinski definition) is 4. The van der Waals surface area contributed by atoms with Crippen LogP contribution in [0.15, 0.2) is 41.5 Å². The standard InChI is InChI=1S/C18H22N4O2/c1-4-22(12-17-19-7-8-21(17)2)11-14-9-13-5-6-15(24-3)10-16(13)20-18(14)23/h5-10H,4,11-12H2,1-3H3,(H,20,23). The van der Waals surface area contributed by atoms with Crippen molar-refractivity contribution in [2.24, 2.45) is 7.05 Å². The quantitative estimate of drug-likeness (QED) is 0.755. The molecule has 0 aliphatic heterocycles. The summed E-state index contributed by atoms with van der Waals surface area (Å²) in [5.74, 6) is 1.72. The van der Waals surface area contributed by atoms with Crippen LogP contribution in [-0.4, -0.2) is 33.1 Å². The molecule has 3 rings (SSSR count). The molecule has 0 unspecified atom stereocenters. The molecular formula is C18H22N4O2. The minimum atomic E-state index is -0.0611. The number of H-pyrrole nitrogens is 1. The van der Waals surface area contributed by atoms with Crippen molar-refractivity contribution >= 4 is 10.9 Å². The monoisotopic (exact) mass is 326 g/mol. The second kappa shape index (κ2) is 6.88. The predicted octanol–water partition coefficient (Wildman–Crippen LogP) is 2.29. The Labute approximate surface area is 140 Å². The average molecular weight is 326 g/mol. The lowest BCUT2D eigenvalue weighted by atomic mass is 10.1. The number of nitrogens with one attached hydrogen (secondary N) is 1. The number of benzene rings is 1. The van der Waals surface area contributed by atoms with Gasteiger partial charge < -0.3 is 14.3 Å². The number of methoxy groups -OCH3 is 1. The van der Waals surface area contributed by atoms with E-state index in [1.54, 1.807) is 13.3 Å². The molecule has 0 fully saturated rings. The fraction of sp³-hybridized carbons (Fsp3) is 0.333. The lowest BCUT2D eigenvalue weighted by molar-refractivity contribution is 0.261. The zero-order valence-corrected chi connectivity index (χ0v) is 14.2. The Kier molecular flexibility index (Phi) is 4.66. The van der Waals surface area contributed by atoms with E-state index in [1.165, 1.54) is 0 Å². The highest BCUT2D eigenvalue weighted by molar-refractivity contribution is 5.80.